The van der Waals surface area contributed by atoms with Crippen LogP contribution >= 0.6 is 0 Å². The van der Waals surface area contributed by atoms with Crippen molar-refractivity contribution in [2.24, 2.45) is 5.92 Å². The van der Waals surface area contributed by atoms with Gasteiger partial charge >= 0.3 is 0 Å². The minimum atomic E-state index is -0.115. The number of aryl methyl sites for hydroxylation is 1. The van der Waals surface area contributed by atoms with Crippen molar-refractivity contribution in [2.75, 3.05) is 23.7 Å². The molecule has 1 aliphatic rings. The summed E-state index contributed by atoms with van der Waals surface area (Å²) >= 11 is 0. The first-order chi connectivity index (χ1) is 10.1. The van der Waals surface area contributed by atoms with Crippen molar-refractivity contribution in [3.05, 3.63) is 11.4 Å². The van der Waals surface area contributed by atoms with Gasteiger partial charge in [-0.3, -0.25) is 0 Å². The van der Waals surface area contributed by atoms with Crippen LogP contribution in [-0.2, 0) is 6.42 Å². The van der Waals surface area contributed by atoms with Gasteiger partial charge in [0.25, 0.3) is 0 Å². The fourth-order valence-electron chi connectivity index (χ4n) is 2.78. The van der Waals surface area contributed by atoms with Gasteiger partial charge < -0.3 is 15.7 Å². The van der Waals surface area contributed by atoms with Crippen molar-refractivity contribution in [3.8, 4) is 0 Å². The van der Waals surface area contributed by atoms with Crippen LogP contribution in [0.1, 0.15) is 50.9 Å². The molecule has 0 bridgehead atoms. The predicted molar refractivity (Wildman–Crippen MR) is 86.8 cm³/mol. The van der Waals surface area contributed by atoms with E-state index >= 15 is 0 Å². The first kappa shape index (κ1) is 16.0. The van der Waals surface area contributed by atoms with Crippen LogP contribution in [0.3, 0.4) is 0 Å². The molecule has 0 aliphatic heterocycles. The molecule has 2 atom stereocenters. The molecule has 1 aromatic rings. The number of hydrogen-bond acceptors (Lipinski definition) is 5. The van der Waals surface area contributed by atoms with E-state index in [9.17, 15) is 5.11 Å². The van der Waals surface area contributed by atoms with Crippen LogP contribution in [0.15, 0.2) is 0 Å². The number of anilines is 2. The zero-order valence-electron chi connectivity index (χ0n) is 13.4. The number of hydrogen-bond donors (Lipinski definition) is 3. The largest absolute Gasteiger partial charge is 0.393 e. The lowest BCUT2D eigenvalue weighted by atomic mass is 10.1. The quantitative estimate of drug-likeness (QED) is 0.721. The molecule has 0 saturated heterocycles. The number of aliphatic hydroxyl groups excluding tert-OH is 1. The van der Waals surface area contributed by atoms with Crippen LogP contribution in [-0.4, -0.2) is 34.3 Å². The summed E-state index contributed by atoms with van der Waals surface area (Å²) in [5, 5.41) is 16.5. The Balaban J connectivity index is 2.06. The van der Waals surface area contributed by atoms with Gasteiger partial charge in [-0.15, -0.1) is 0 Å². The van der Waals surface area contributed by atoms with Gasteiger partial charge in [0.2, 0.25) is 0 Å². The second kappa shape index (κ2) is 7.59. The van der Waals surface area contributed by atoms with E-state index < -0.39 is 0 Å². The van der Waals surface area contributed by atoms with Crippen LogP contribution in [0.25, 0.3) is 0 Å². The number of nitrogens with one attached hydrogen (secondary N) is 2. The van der Waals surface area contributed by atoms with Crippen molar-refractivity contribution in [3.63, 3.8) is 0 Å². The fourth-order valence-corrected chi connectivity index (χ4v) is 2.78. The lowest BCUT2D eigenvalue weighted by molar-refractivity contribution is 0.178. The fraction of sp³-hybridized carbons (Fsp3) is 0.750. The van der Waals surface area contributed by atoms with Gasteiger partial charge in [-0.25, -0.2) is 9.97 Å². The topological polar surface area (TPSA) is 70.1 Å². The molecule has 1 saturated carbocycles. The second-order valence-electron chi connectivity index (χ2n) is 5.96. The molecule has 118 valence electrons. The molecule has 2 unspecified atom stereocenters. The Bertz CT molecular complexity index is 464. The summed E-state index contributed by atoms with van der Waals surface area (Å²) in [5.74, 6) is 3.29. The first-order valence-electron chi connectivity index (χ1n) is 8.17. The Morgan fingerprint density at radius 3 is 2.43 bits per heavy atom. The van der Waals surface area contributed by atoms with Crippen molar-refractivity contribution in [1.82, 2.24) is 9.97 Å². The van der Waals surface area contributed by atoms with E-state index in [2.05, 4.69) is 41.4 Å². The van der Waals surface area contributed by atoms with E-state index in [1.165, 1.54) is 0 Å². The molecule has 1 heterocycles. The summed E-state index contributed by atoms with van der Waals surface area (Å²) in [5.41, 5.74) is 1.08. The van der Waals surface area contributed by atoms with E-state index in [0.717, 1.165) is 68.2 Å². The molecule has 1 fully saturated rings. The van der Waals surface area contributed by atoms with Crippen molar-refractivity contribution >= 4 is 11.6 Å². The SMILES string of the molecule is CCCNc1nc(CC)nc(NCC2CCC(O)C2)c1C. The highest BCUT2D eigenvalue weighted by Crippen LogP contribution is 2.27. The van der Waals surface area contributed by atoms with Crippen molar-refractivity contribution < 1.29 is 5.11 Å². The molecule has 21 heavy (non-hydrogen) atoms. The monoisotopic (exact) mass is 292 g/mol. The normalized spacial score (nSPS) is 21.5. The molecule has 1 aromatic heterocycles. The Morgan fingerprint density at radius 1 is 1.14 bits per heavy atom. The summed E-state index contributed by atoms with van der Waals surface area (Å²) in [6.45, 7) is 8.09. The molecule has 0 aromatic carbocycles. The van der Waals surface area contributed by atoms with Crippen LogP contribution in [0.5, 0.6) is 0 Å². The number of rotatable bonds is 7. The predicted octanol–water partition coefficient (Wildman–Crippen LogP) is 2.74. The van der Waals surface area contributed by atoms with Crippen molar-refractivity contribution in [2.45, 2.75) is 59.0 Å². The molecule has 0 spiro atoms. The minimum Gasteiger partial charge on any atom is -0.393 e. The zero-order chi connectivity index (χ0) is 15.2. The summed E-state index contributed by atoms with van der Waals surface area (Å²) in [4.78, 5) is 9.19. The molecule has 2 rings (SSSR count). The summed E-state index contributed by atoms with van der Waals surface area (Å²) < 4.78 is 0. The van der Waals surface area contributed by atoms with Gasteiger partial charge in [0, 0.05) is 25.1 Å². The van der Waals surface area contributed by atoms with E-state index in [-0.39, 0.29) is 6.10 Å². The van der Waals surface area contributed by atoms with Gasteiger partial charge in [-0.05, 0) is 38.5 Å². The lowest BCUT2D eigenvalue weighted by Crippen LogP contribution is -2.16. The molecule has 3 N–H and O–H groups in total. The van der Waals surface area contributed by atoms with E-state index in [4.69, 9.17) is 0 Å². The van der Waals surface area contributed by atoms with E-state index in [1.807, 2.05) is 0 Å². The number of aromatic nitrogens is 2. The second-order valence-corrected chi connectivity index (χ2v) is 5.96. The maximum Gasteiger partial charge on any atom is 0.134 e. The van der Waals surface area contributed by atoms with Gasteiger partial charge in [-0.2, -0.15) is 0 Å². The van der Waals surface area contributed by atoms with Crippen LogP contribution in [0.4, 0.5) is 11.6 Å². The molecule has 0 radical (unpaired) electrons. The Morgan fingerprint density at radius 2 is 1.86 bits per heavy atom. The molecule has 0 amide bonds. The third kappa shape index (κ3) is 4.30. The van der Waals surface area contributed by atoms with Crippen LogP contribution < -0.4 is 10.6 Å². The number of nitrogens with zero attached hydrogens (tertiary/aromatic N) is 2. The lowest BCUT2D eigenvalue weighted by Gasteiger charge is -2.16. The minimum absolute atomic E-state index is 0.115. The van der Waals surface area contributed by atoms with Gasteiger partial charge in [0.15, 0.2) is 0 Å². The van der Waals surface area contributed by atoms with Gasteiger partial charge in [0.1, 0.15) is 17.5 Å². The molecular formula is C16H28N4O. The summed E-state index contributed by atoms with van der Waals surface area (Å²) in [6.07, 6.45) is 4.72. The highest BCUT2D eigenvalue weighted by Gasteiger charge is 2.23. The Hall–Kier alpha value is -1.36. The Kier molecular flexibility index (Phi) is 5.79. The molecule has 1 aliphatic carbocycles. The highest BCUT2D eigenvalue weighted by molar-refractivity contribution is 5.57. The van der Waals surface area contributed by atoms with E-state index in [0.29, 0.717) is 5.92 Å². The van der Waals surface area contributed by atoms with Gasteiger partial charge in [0.05, 0.1) is 6.10 Å². The maximum absolute atomic E-state index is 9.61. The van der Waals surface area contributed by atoms with Gasteiger partial charge in [-0.1, -0.05) is 13.8 Å². The Labute approximate surface area is 127 Å². The number of aliphatic hydroxyl groups is 1. The summed E-state index contributed by atoms with van der Waals surface area (Å²) in [7, 11) is 0. The third-order valence-electron chi connectivity index (χ3n) is 4.12. The van der Waals surface area contributed by atoms with Crippen molar-refractivity contribution in [1.29, 1.82) is 0 Å². The van der Waals surface area contributed by atoms with Crippen LogP contribution in [0.2, 0.25) is 0 Å². The standard InChI is InChI=1S/C16H28N4O/c1-4-8-17-15-11(3)16(20-14(5-2)19-15)18-10-12-6-7-13(21)9-12/h12-13,21H,4-10H2,1-3H3,(H2,17,18,19,20). The average molecular weight is 292 g/mol. The van der Waals surface area contributed by atoms with Crippen LogP contribution in [0, 0.1) is 12.8 Å². The highest BCUT2D eigenvalue weighted by atomic mass is 16.3. The third-order valence-corrected chi connectivity index (χ3v) is 4.12. The molecule has 5 nitrogen and oxygen atoms in total. The first-order valence-corrected chi connectivity index (χ1v) is 8.17. The zero-order valence-corrected chi connectivity index (χ0v) is 13.4. The maximum atomic E-state index is 9.61. The molecule has 5 heteroatoms. The smallest absolute Gasteiger partial charge is 0.134 e. The van der Waals surface area contributed by atoms with E-state index in [1.54, 1.807) is 0 Å². The molecular weight excluding hydrogens is 264 g/mol. The average Bonchev–Trinajstić information content (AvgIpc) is 2.90. The summed E-state index contributed by atoms with van der Waals surface area (Å²) in [6, 6.07) is 0.